The van der Waals surface area contributed by atoms with Crippen molar-refractivity contribution in [2.75, 3.05) is 12.8 Å². The van der Waals surface area contributed by atoms with Crippen molar-refractivity contribution in [3.05, 3.63) is 23.8 Å². The Morgan fingerprint density at radius 1 is 1.58 bits per heavy atom. The Hall–Kier alpha value is -1.71. The van der Waals surface area contributed by atoms with Gasteiger partial charge in [0.15, 0.2) is 0 Å². The number of aromatic hydroxyl groups is 1. The summed E-state index contributed by atoms with van der Waals surface area (Å²) in [7, 11) is 1.43. The molecule has 0 spiro atoms. The molecular weight excluding hydrogens is 156 g/mol. The van der Waals surface area contributed by atoms with Gasteiger partial charge in [-0.05, 0) is 18.2 Å². The number of benzene rings is 1. The number of hydrogen-bond acceptors (Lipinski definition) is 4. The Morgan fingerprint density at radius 2 is 2.33 bits per heavy atom. The molecule has 0 unspecified atom stereocenters. The van der Waals surface area contributed by atoms with Gasteiger partial charge in [0.1, 0.15) is 12.9 Å². The first-order valence-electron chi connectivity index (χ1n) is 3.39. The van der Waals surface area contributed by atoms with E-state index in [0.29, 0.717) is 11.3 Å². The molecule has 0 aliphatic heterocycles. The summed E-state index contributed by atoms with van der Waals surface area (Å²) in [5.74, 6) is 0.130. The van der Waals surface area contributed by atoms with Crippen LogP contribution in [0.25, 0.3) is 0 Å². The number of oxime groups is 1. The van der Waals surface area contributed by atoms with Crippen molar-refractivity contribution in [2.24, 2.45) is 5.16 Å². The Balaban J connectivity index is 2.97. The van der Waals surface area contributed by atoms with Crippen molar-refractivity contribution in [1.82, 2.24) is 0 Å². The second-order valence-electron chi connectivity index (χ2n) is 2.24. The van der Waals surface area contributed by atoms with Crippen LogP contribution in [0.2, 0.25) is 0 Å². The highest BCUT2D eigenvalue weighted by Gasteiger charge is 1.97. The SMILES string of the molecule is CO/N=C\c1cc(N)ccc1O. The molecule has 0 aliphatic carbocycles. The van der Waals surface area contributed by atoms with Crippen LogP contribution >= 0.6 is 0 Å². The molecular formula is C8H10N2O2. The lowest BCUT2D eigenvalue weighted by Gasteiger charge is -1.98. The molecule has 0 saturated carbocycles. The van der Waals surface area contributed by atoms with E-state index in [4.69, 9.17) is 5.73 Å². The van der Waals surface area contributed by atoms with Crippen LogP contribution in [0.3, 0.4) is 0 Å². The number of rotatable bonds is 2. The monoisotopic (exact) mass is 166 g/mol. The zero-order chi connectivity index (χ0) is 8.97. The third kappa shape index (κ3) is 1.88. The summed E-state index contributed by atoms with van der Waals surface area (Å²) in [6.07, 6.45) is 1.39. The minimum Gasteiger partial charge on any atom is -0.507 e. The fourth-order valence-electron chi connectivity index (χ4n) is 0.786. The molecule has 0 atom stereocenters. The van der Waals surface area contributed by atoms with Crippen molar-refractivity contribution in [1.29, 1.82) is 0 Å². The van der Waals surface area contributed by atoms with Gasteiger partial charge in [-0.2, -0.15) is 0 Å². The summed E-state index contributed by atoms with van der Waals surface area (Å²) in [6.45, 7) is 0. The first-order chi connectivity index (χ1) is 5.74. The highest BCUT2D eigenvalue weighted by atomic mass is 16.6. The maximum atomic E-state index is 9.26. The van der Waals surface area contributed by atoms with E-state index in [0.717, 1.165) is 0 Å². The molecule has 3 N–H and O–H groups in total. The van der Waals surface area contributed by atoms with E-state index >= 15 is 0 Å². The van der Waals surface area contributed by atoms with Crippen molar-refractivity contribution in [3.8, 4) is 5.75 Å². The standard InChI is InChI=1S/C8H10N2O2/c1-12-10-5-6-4-7(9)2-3-8(6)11/h2-5,11H,9H2,1H3/b10-5-. The van der Waals surface area contributed by atoms with Crippen LogP contribution in [0.5, 0.6) is 5.75 Å². The number of anilines is 1. The van der Waals surface area contributed by atoms with Gasteiger partial charge in [0, 0.05) is 11.3 Å². The summed E-state index contributed by atoms with van der Waals surface area (Å²) in [4.78, 5) is 4.46. The Bertz CT molecular complexity index is 297. The summed E-state index contributed by atoms with van der Waals surface area (Å²) in [5, 5.41) is 12.8. The number of nitrogens with zero attached hydrogens (tertiary/aromatic N) is 1. The Morgan fingerprint density at radius 3 is 3.00 bits per heavy atom. The van der Waals surface area contributed by atoms with Crippen LogP contribution < -0.4 is 5.73 Å². The molecule has 0 fully saturated rings. The normalized spacial score (nSPS) is 10.4. The lowest BCUT2D eigenvalue weighted by molar-refractivity contribution is 0.215. The molecule has 12 heavy (non-hydrogen) atoms. The maximum Gasteiger partial charge on any atom is 0.124 e. The van der Waals surface area contributed by atoms with E-state index < -0.39 is 0 Å². The summed E-state index contributed by atoms with van der Waals surface area (Å²) >= 11 is 0. The second kappa shape index (κ2) is 3.61. The maximum absolute atomic E-state index is 9.26. The topological polar surface area (TPSA) is 67.8 Å². The van der Waals surface area contributed by atoms with Crippen molar-refractivity contribution >= 4 is 11.9 Å². The van der Waals surface area contributed by atoms with E-state index in [2.05, 4.69) is 9.99 Å². The average molecular weight is 166 g/mol. The van der Waals surface area contributed by atoms with E-state index in [1.165, 1.54) is 19.4 Å². The molecule has 1 rings (SSSR count). The molecule has 1 aromatic carbocycles. The molecule has 0 saturated heterocycles. The number of phenolic OH excluding ortho intramolecular Hbond substituents is 1. The fourth-order valence-corrected chi connectivity index (χ4v) is 0.786. The van der Waals surface area contributed by atoms with E-state index in [-0.39, 0.29) is 5.75 Å². The predicted octanol–water partition coefficient (Wildman–Crippen LogP) is 0.955. The molecule has 0 aromatic heterocycles. The van der Waals surface area contributed by atoms with Gasteiger partial charge in [-0.1, -0.05) is 5.16 Å². The molecule has 4 heteroatoms. The minimum atomic E-state index is 0.130. The van der Waals surface area contributed by atoms with Gasteiger partial charge in [0.05, 0.1) is 6.21 Å². The van der Waals surface area contributed by atoms with Crippen LogP contribution in [0.1, 0.15) is 5.56 Å². The molecule has 0 amide bonds. The molecule has 0 radical (unpaired) electrons. The lowest BCUT2D eigenvalue weighted by atomic mass is 10.2. The second-order valence-corrected chi connectivity index (χ2v) is 2.24. The van der Waals surface area contributed by atoms with Crippen LogP contribution in [-0.4, -0.2) is 18.4 Å². The van der Waals surface area contributed by atoms with Gasteiger partial charge >= 0.3 is 0 Å². The number of nitrogen functional groups attached to an aromatic ring is 1. The van der Waals surface area contributed by atoms with Crippen LogP contribution in [0.15, 0.2) is 23.4 Å². The first-order valence-corrected chi connectivity index (χ1v) is 3.39. The van der Waals surface area contributed by atoms with Gasteiger partial charge in [0.2, 0.25) is 0 Å². The quantitative estimate of drug-likeness (QED) is 0.297. The van der Waals surface area contributed by atoms with E-state index in [1.54, 1.807) is 12.1 Å². The molecule has 0 bridgehead atoms. The summed E-state index contributed by atoms with van der Waals surface area (Å²) in [6, 6.07) is 4.73. The third-order valence-corrected chi connectivity index (χ3v) is 1.35. The van der Waals surface area contributed by atoms with Crippen molar-refractivity contribution < 1.29 is 9.94 Å². The number of phenols is 1. The largest absolute Gasteiger partial charge is 0.507 e. The smallest absolute Gasteiger partial charge is 0.124 e. The molecule has 0 aliphatic rings. The highest BCUT2D eigenvalue weighted by molar-refractivity contribution is 5.84. The molecule has 0 heterocycles. The van der Waals surface area contributed by atoms with Crippen molar-refractivity contribution in [3.63, 3.8) is 0 Å². The summed E-state index contributed by atoms with van der Waals surface area (Å²) in [5.41, 5.74) is 6.60. The molecule has 1 aromatic rings. The van der Waals surface area contributed by atoms with Crippen LogP contribution in [0.4, 0.5) is 5.69 Å². The van der Waals surface area contributed by atoms with Crippen molar-refractivity contribution in [2.45, 2.75) is 0 Å². The van der Waals surface area contributed by atoms with Gasteiger partial charge in [0.25, 0.3) is 0 Å². The van der Waals surface area contributed by atoms with Crippen LogP contribution in [-0.2, 0) is 4.84 Å². The molecule has 64 valence electrons. The van der Waals surface area contributed by atoms with Gasteiger partial charge in [-0.25, -0.2) is 0 Å². The minimum absolute atomic E-state index is 0.130. The lowest BCUT2D eigenvalue weighted by Crippen LogP contribution is -1.88. The van der Waals surface area contributed by atoms with Gasteiger partial charge in [-0.15, -0.1) is 0 Å². The predicted molar refractivity (Wildman–Crippen MR) is 47.1 cm³/mol. The van der Waals surface area contributed by atoms with Gasteiger partial charge < -0.3 is 15.7 Å². The summed E-state index contributed by atoms with van der Waals surface area (Å²) < 4.78 is 0. The Labute approximate surface area is 70.3 Å². The highest BCUT2D eigenvalue weighted by Crippen LogP contribution is 2.17. The van der Waals surface area contributed by atoms with Gasteiger partial charge in [-0.3, -0.25) is 0 Å². The van der Waals surface area contributed by atoms with Crippen LogP contribution in [0, 0.1) is 0 Å². The third-order valence-electron chi connectivity index (χ3n) is 1.35. The number of nitrogens with two attached hydrogens (primary N) is 1. The van der Waals surface area contributed by atoms with E-state index in [1.807, 2.05) is 0 Å². The first kappa shape index (κ1) is 8.39. The van der Waals surface area contributed by atoms with E-state index in [9.17, 15) is 5.11 Å². The average Bonchev–Trinajstić information content (AvgIpc) is 2.07. The number of hydrogen-bond donors (Lipinski definition) is 2. The fraction of sp³-hybridized carbons (Fsp3) is 0.125. The Kier molecular flexibility index (Phi) is 2.53. The molecule has 4 nitrogen and oxygen atoms in total. The zero-order valence-electron chi connectivity index (χ0n) is 6.69. The zero-order valence-corrected chi connectivity index (χ0v) is 6.69.